The zero-order valence-corrected chi connectivity index (χ0v) is 16.4. The molecule has 0 spiro atoms. The van der Waals surface area contributed by atoms with Crippen molar-refractivity contribution < 1.29 is 0 Å². The van der Waals surface area contributed by atoms with E-state index in [2.05, 4.69) is 49.4 Å². The first-order chi connectivity index (χ1) is 12.5. The molecule has 3 heteroatoms. The molecule has 0 saturated heterocycles. The molecule has 2 N–H and O–H groups in total. The van der Waals surface area contributed by atoms with Gasteiger partial charge in [-0.15, -0.1) is 0 Å². The van der Waals surface area contributed by atoms with Crippen molar-refractivity contribution in [3.8, 4) is 0 Å². The van der Waals surface area contributed by atoms with Crippen molar-refractivity contribution >= 4 is 5.71 Å². The molecule has 3 nitrogen and oxygen atoms in total. The van der Waals surface area contributed by atoms with E-state index in [4.69, 9.17) is 4.99 Å². The third-order valence-electron chi connectivity index (χ3n) is 7.47. The van der Waals surface area contributed by atoms with Gasteiger partial charge in [-0.1, -0.05) is 6.92 Å². The fraction of sp³-hybridized carbons (Fsp3) is 0.609. The second-order valence-corrected chi connectivity index (χ2v) is 9.33. The Labute approximate surface area is 157 Å². The Morgan fingerprint density at radius 1 is 1.08 bits per heavy atom. The minimum absolute atomic E-state index is 0.357. The molecule has 138 valence electrons. The number of aromatic nitrogens is 1. The van der Waals surface area contributed by atoms with Gasteiger partial charge in [0.05, 0.1) is 17.1 Å². The lowest BCUT2D eigenvalue weighted by Crippen LogP contribution is -2.57. The molecular weight excluding hydrogens is 318 g/mol. The van der Waals surface area contributed by atoms with Gasteiger partial charge in [-0.2, -0.15) is 0 Å². The van der Waals surface area contributed by atoms with Crippen molar-refractivity contribution in [3.05, 3.63) is 46.6 Å². The van der Waals surface area contributed by atoms with Crippen LogP contribution in [0.15, 0.2) is 40.2 Å². The summed E-state index contributed by atoms with van der Waals surface area (Å²) >= 11 is 0. The van der Waals surface area contributed by atoms with Gasteiger partial charge in [0.2, 0.25) is 0 Å². The number of allylic oxidation sites excluding steroid dienone is 2. The van der Waals surface area contributed by atoms with Gasteiger partial charge in [0.25, 0.3) is 0 Å². The minimum Gasteiger partial charge on any atom is -0.384 e. The van der Waals surface area contributed by atoms with Gasteiger partial charge in [0.15, 0.2) is 0 Å². The zero-order chi connectivity index (χ0) is 17.9. The van der Waals surface area contributed by atoms with E-state index >= 15 is 0 Å². The highest BCUT2D eigenvalue weighted by atomic mass is 15.0. The number of aryl methyl sites for hydroxylation is 1. The summed E-state index contributed by atoms with van der Waals surface area (Å²) in [7, 11) is 0. The smallest absolute Gasteiger partial charge is 0.0904 e. The van der Waals surface area contributed by atoms with Crippen LogP contribution in [0.4, 0.5) is 0 Å². The lowest BCUT2D eigenvalue weighted by Gasteiger charge is -2.57. The van der Waals surface area contributed by atoms with E-state index in [1.165, 1.54) is 55.4 Å². The van der Waals surface area contributed by atoms with Gasteiger partial charge < -0.3 is 10.3 Å². The Morgan fingerprint density at radius 3 is 2.31 bits per heavy atom. The molecule has 4 bridgehead atoms. The number of hydrogen-bond acceptors (Lipinski definition) is 2. The second kappa shape index (κ2) is 5.87. The summed E-state index contributed by atoms with van der Waals surface area (Å²) in [5.74, 6) is 2.92. The summed E-state index contributed by atoms with van der Waals surface area (Å²) in [6, 6.07) is 4.35. The van der Waals surface area contributed by atoms with E-state index in [0.29, 0.717) is 5.54 Å². The van der Waals surface area contributed by atoms with Crippen molar-refractivity contribution in [2.45, 2.75) is 71.3 Å². The summed E-state index contributed by atoms with van der Waals surface area (Å²) in [4.78, 5) is 8.51. The quantitative estimate of drug-likeness (QED) is 0.778. The highest BCUT2D eigenvalue weighted by Crippen LogP contribution is 2.55. The van der Waals surface area contributed by atoms with Crippen LogP contribution in [0.1, 0.15) is 70.7 Å². The summed E-state index contributed by atoms with van der Waals surface area (Å²) in [5, 5.41) is 3.90. The Bertz CT molecular complexity index is 785. The maximum absolute atomic E-state index is 4.99. The van der Waals surface area contributed by atoms with Crippen LogP contribution < -0.4 is 5.32 Å². The van der Waals surface area contributed by atoms with Crippen LogP contribution in [0.25, 0.3) is 0 Å². The number of rotatable bonds is 4. The molecular formula is C23H31N3. The Kier molecular flexibility index (Phi) is 3.70. The van der Waals surface area contributed by atoms with Crippen molar-refractivity contribution in [1.29, 1.82) is 0 Å². The first-order valence-corrected chi connectivity index (χ1v) is 10.5. The van der Waals surface area contributed by atoms with Crippen LogP contribution in [0.2, 0.25) is 0 Å². The van der Waals surface area contributed by atoms with Crippen LogP contribution in [0.5, 0.6) is 0 Å². The molecule has 6 rings (SSSR count). The third kappa shape index (κ3) is 2.59. The highest BCUT2D eigenvalue weighted by Gasteiger charge is 2.50. The summed E-state index contributed by atoms with van der Waals surface area (Å²) in [6.07, 6.45) is 11.9. The molecule has 4 saturated carbocycles. The fourth-order valence-corrected chi connectivity index (χ4v) is 6.35. The second-order valence-electron chi connectivity index (χ2n) is 9.33. The summed E-state index contributed by atoms with van der Waals surface area (Å²) in [5.41, 5.74) is 7.63. The third-order valence-corrected chi connectivity index (χ3v) is 7.47. The van der Waals surface area contributed by atoms with E-state index in [0.717, 1.165) is 41.3 Å². The predicted molar refractivity (Wildman–Crippen MR) is 107 cm³/mol. The normalized spacial score (nSPS) is 37.0. The molecule has 2 heterocycles. The number of aromatic amines is 1. The number of hydrogen-bond donors (Lipinski definition) is 2. The Hall–Kier alpha value is -1.77. The predicted octanol–water partition coefficient (Wildman–Crippen LogP) is 5.12. The van der Waals surface area contributed by atoms with Crippen LogP contribution >= 0.6 is 0 Å². The molecule has 0 aromatic carbocycles. The summed E-state index contributed by atoms with van der Waals surface area (Å²) < 4.78 is 0. The Balaban J connectivity index is 1.40. The maximum atomic E-state index is 4.99. The van der Waals surface area contributed by atoms with Gasteiger partial charge >= 0.3 is 0 Å². The molecule has 5 aliphatic rings. The minimum atomic E-state index is 0.357. The van der Waals surface area contributed by atoms with Crippen molar-refractivity contribution in [2.75, 3.05) is 0 Å². The lowest BCUT2D eigenvalue weighted by molar-refractivity contribution is -0.0130. The molecule has 4 fully saturated rings. The zero-order valence-electron chi connectivity index (χ0n) is 16.4. The van der Waals surface area contributed by atoms with E-state index < -0.39 is 0 Å². The molecule has 4 aliphatic carbocycles. The molecule has 26 heavy (non-hydrogen) atoms. The van der Waals surface area contributed by atoms with Crippen molar-refractivity contribution in [3.63, 3.8) is 0 Å². The summed E-state index contributed by atoms with van der Waals surface area (Å²) in [6.45, 7) is 6.59. The highest BCUT2D eigenvalue weighted by molar-refractivity contribution is 6.14. The Morgan fingerprint density at radius 2 is 1.73 bits per heavy atom. The van der Waals surface area contributed by atoms with Gasteiger partial charge in [-0.25, -0.2) is 4.99 Å². The number of aliphatic imine (C=N–C) groups is 1. The lowest BCUT2D eigenvalue weighted by atomic mass is 9.53. The molecule has 1 aromatic heterocycles. The van der Waals surface area contributed by atoms with Crippen molar-refractivity contribution in [1.82, 2.24) is 10.3 Å². The number of nitrogens with one attached hydrogen (secondary N) is 2. The first kappa shape index (κ1) is 16.4. The van der Waals surface area contributed by atoms with Crippen LogP contribution in [-0.2, 0) is 6.42 Å². The van der Waals surface area contributed by atoms with Crippen molar-refractivity contribution in [2.24, 2.45) is 22.7 Å². The SMILES string of the molecule is CCc1ccc(C2=N/C(=C\NC34CC5CC(CC(C5)C3)C4)C(C)=C2C)[nH]1. The molecule has 0 unspecified atom stereocenters. The van der Waals surface area contributed by atoms with Gasteiger partial charge in [0, 0.05) is 17.4 Å². The average molecular weight is 350 g/mol. The van der Waals surface area contributed by atoms with Gasteiger partial charge in [0.1, 0.15) is 0 Å². The van der Waals surface area contributed by atoms with Crippen LogP contribution in [0, 0.1) is 17.8 Å². The van der Waals surface area contributed by atoms with E-state index in [-0.39, 0.29) is 0 Å². The standard InChI is InChI=1S/C23H31N3/c1-4-19-5-6-20(25-19)22-15(3)14(2)21(26-22)13-24-23-10-16-7-17(11-23)9-18(8-16)12-23/h5-6,13,16-18,24-25H,4,7-12H2,1-3H3/b21-13-. The van der Waals surface area contributed by atoms with Gasteiger partial charge in [-0.05, 0) is 99.8 Å². The average Bonchev–Trinajstić information content (AvgIpc) is 3.18. The maximum Gasteiger partial charge on any atom is 0.0904 e. The topological polar surface area (TPSA) is 40.2 Å². The molecule has 1 aliphatic heterocycles. The van der Waals surface area contributed by atoms with Crippen LogP contribution in [0.3, 0.4) is 0 Å². The van der Waals surface area contributed by atoms with E-state index in [1.54, 1.807) is 0 Å². The number of nitrogens with zero attached hydrogens (tertiary/aromatic N) is 1. The largest absolute Gasteiger partial charge is 0.384 e. The molecule has 1 aromatic rings. The monoisotopic (exact) mass is 349 g/mol. The van der Waals surface area contributed by atoms with E-state index in [9.17, 15) is 0 Å². The fourth-order valence-electron chi connectivity index (χ4n) is 6.35. The van der Waals surface area contributed by atoms with E-state index in [1.807, 2.05) is 0 Å². The molecule has 0 radical (unpaired) electrons. The number of H-pyrrole nitrogens is 1. The molecule has 0 amide bonds. The van der Waals surface area contributed by atoms with Gasteiger partial charge in [-0.3, -0.25) is 0 Å². The first-order valence-electron chi connectivity index (χ1n) is 10.5. The van der Waals surface area contributed by atoms with Crippen LogP contribution in [-0.4, -0.2) is 16.2 Å². The molecule has 0 atom stereocenters.